The number of aryl methyl sites for hydroxylation is 2. The highest BCUT2D eigenvalue weighted by Gasteiger charge is 2.30. The average Bonchev–Trinajstić information content (AvgIpc) is 3.58. The van der Waals surface area contributed by atoms with E-state index in [1.807, 2.05) is 79.1 Å². The van der Waals surface area contributed by atoms with E-state index in [2.05, 4.69) is 44.4 Å². The number of nitrogens with one attached hydrogen (secondary N) is 2. The van der Waals surface area contributed by atoms with Gasteiger partial charge in [-0.05, 0) is 37.5 Å². The molecule has 5 aromatic rings. The first-order valence-corrected chi connectivity index (χ1v) is 14.4. The Hall–Kier alpha value is -5.13. The maximum atomic E-state index is 12.7. The number of aromatic nitrogens is 4. The minimum absolute atomic E-state index is 0.130. The summed E-state index contributed by atoms with van der Waals surface area (Å²) in [4.78, 5) is 17.9. The second-order valence-corrected chi connectivity index (χ2v) is 10.5. The molecule has 2 aromatic heterocycles. The third-order valence-corrected chi connectivity index (χ3v) is 7.50. The largest absolute Gasteiger partial charge is 0.444 e. The molecular formula is C33H33N7O4. The minimum Gasteiger partial charge on any atom is -0.444 e. The van der Waals surface area contributed by atoms with E-state index in [0.29, 0.717) is 24.7 Å². The summed E-state index contributed by atoms with van der Waals surface area (Å²) < 4.78 is 18.2. The van der Waals surface area contributed by atoms with E-state index < -0.39 is 12.3 Å². The van der Waals surface area contributed by atoms with Crippen LogP contribution in [0.3, 0.4) is 0 Å². The average molecular weight is 592 g/mol. The number of carbonyl (C=O) groups excluding carboxylic acids is 1. The SMILES string of the molecule is COCCc1ccc2c(c1)-n1c(Cc3c(C)noc3C)nnc1C(NNC(=O)OCc1ccccc1)N=C2c1ccccc1. The quantitative estimate of drug-likeness (QED) is 0.219. The first kappa shape index (κ1) is 29.0. The van der Waals surface area contributed by atoms with Crippen molar-refractivity contribution in [3.05, 3.63) is 130 Å². The van der Waals surface area contributed by atoms with Crippen molar-refractivity contribution < 1.29 is 18.8 Å². The van der Waals surface area contributed by atoms with Crippen molar-refractivity contribution in [2.75, 3.05) is 13.7 Å². The molecule has 2 N–H and O–H groups in total. The second-order valence-electron chi connectivity index (χ2n) is 10.5. The van der Waals surface area contributed by atoms with Crippen LogP contribution in [0, 0.1) is 13.8 Å². The highest BCUT2D eigenvalue weighted by molar-refractivity contribution is 6.15. The predicted octanol–water partition coefficient (Wildman–Crippen LogP) is 4.93. The van der Waals surface area contributed by atoms with Crippen LogP contribution in [0.1, 0.15) is 57.1 Å². The number of ether oxygens (including phenoxy) is 2. The molecule has 0 fully saturated rings. The van der Waals surface area contributed by atoms with E-state index >= 15 is 0 Å². The molecule has 0 saturated carbocycles. The van der Waals surface area contributed by atoms with Crippen molar-refractivity contribution in [2.24, 2.45) is 4.99 Å². The zero-order valence-corrected chi connectivity index (χ0v) is 24.8. The third kappa shape index (κ3) is 6.14. The van der Waals surface area contributed by atoms with E-state index in [-0.39, 0.29) is 6.61 Å². The maximum Gasteiger partial charge on any atom is 0.422 e. The van der Waals surface area contributed by atoms with Crippen molar-refractivity contribution in [2.45, 2.75) is 39.5 Å². The topological polar surface area (TPSA) is 129 Å². The summed E-state index contributed by atoms with van der Waals surface area (Å²) in [7, 11) is 1.69. The number of hydrazine groups is 1. The van der Waals surface area contributed by atoms with Gasteiger partial charge in [-0.3, -0.25) is 15.0 Å². The number of benzene rings is 3. The van der Waals surface area contributed by atoms with Crippen LogP contribution < -0.4 is 10.9 Å². The van der Waals surface area contributed by atoms with Crippen LogP contribution in [0.4, 0.5) is 4.79 Å². The number of hydrogen-bond donors (Lipinski definition) is 2. The molecule has 1 aliphatic rings. The number of aliphatic imine (C=N–C) groups is 1. The van der Waals surface area contributed by atoms with Crippen LogP contribution >= 0.6 is 0 Å². The minimum atomic E-state index is -0.796. The lowest BCUT2D eigenvalue weighted by atomic mass is 9.98. The van der Waals surface area contributed by atoms with Crippen LogP contribution in [0.15, 0.2) is 88.4 Å². The number of rotatable bonds is 10. The van der Waals surface area contributed by atoms with Gasteiger partial charge in [-0.2, -0.15) is 0 Å². The summed E-state index contributed by atoms with van der Waals surface area (Å²) in [5.74, 6) is 1.91. The number of hydrogen-bond acceptors (Lipinski definition) is 9. The molecule has 0 aliphatic carbocycles. The Bertz CT molecular complexity index is 1760. The van der Waals surface area contributed by atoms with Gasteiger partial charge in [0.15, 0.2) is 12.0 Å². The van der Waals surface area contributed by atoms with E-state index in [9.17, 15) is 4.79 Å². The van der Waals surface area contributed by atoms with Gasteiger partial charge in [0.1, 0.15) is 18.2 Å². The van der Waals surface area contributed by atoms with Crippen LogP contribution in [-0.2, 0) is 28.9 Å². The summed E-state index contributed by atoms with van der Waals surface area (Å²) >= 11 is 0. The van der Waals surface area contributed by atoms with Crippen molar-refractivity contribution in [1.82, 2.24) is 30.8 Å². The number of amides is 1. The van der Waals surface area contributed by atoms with Gasteiger partial charge in [0.05, 0.1) is 23.7 Å². The number of methoxy groups -OCH3 is 1. The second kappa shape index (κ2) is 13.0. The van der Waals surface area contributed by atoms with Crippen molar-refractivity contribution >= 4 is 11.8 Å². The molecule has 44 heavy (non-hydrogen) atoms. The highest BCUT2D eigenvalue weighted by Crippen LogP contribution is 2.32. The zero-order chi connectivity index (χ0) is 30.5. The van der Waals surface area contributed by atoms with E-state index in [1.165, 1.54) is 0 Å². The van der Waals surface area contributed by atoms with Gasteiger partial charge in [-0.1, -0.05) is 78.0 Å². The van der Waals surface area contributed by atoms with Crippen LogP contribution in [0.25, 0.3) is 5.69 Å². The van der Waals surface area contributed by atoms with Gasteiger partial charge in [0.25, 0.3) is 0 Å². The fraction of sp³-hybridized carbons (Fsp3) is 0.242. The van der Waals surface area contributed by atoms with Crippen molar-refractivity contribution in [3.63, 3.8) is 0 Å². The van der Waals surface area contributed by atoms with Gasteiger partial charge in [0.2, 0.25) is 0 Å². The van der Waals surface area contributed by atoms with Crippen LogP contribution in [0.2, 0.25) is 0 Å². The summed E-state index contributed by atoms with van der Waals surface area (Å²) in [6.07, 6.45) is -0.268. The van der Waals surface area contributed by atoms with Crippen LogP contribution in [0.5, 0.6) is 0 Å². The highest BCUT2D eigenvalue weighted by atomic mass is 16.6. The maximum absolute atomic E-state index is 12.7. The summed E-state index contributed by atoms with van der Waals surface area (Å²) in [6, 6.07) is 25.7. The molecule has 3 aromatic carbocycles. The molecule has 1 unspecified atom stereocenters. The summed E-state index contributed by atoms with van der Waals surface area (Å²) in [6.45, 7) is 4.51. The molecule has 224 valence electrons. The molecule has 0 bridgehead atoms. The van der Waals surface area contributed by atoms with Gasteiger partial charge in [-0.25, -0.2) is 10.2 Å². The third-order valence-electron chi connectivity index (χ3n) is 7.50. The predicted molar refractivity (Wildman–Crippen MR) is 163 cm³/mol. The first-order valence-electron chi connectivity index (χ1n) is 14.4. The lowest BCUT2D eigenvalue weighted by molar-refractivity contribution is 0.132. The van der Waals surface area contributed by atoms with Crippen LogP contribution in [-0.4, -0.2) is 45.4 Å². The summed E-state index contributed by atoms with van der Waals surface area (Å²) in [5.41, 5.74) is 12.8. The molecular weight excluding hydrogens is 558 g/mol. The molecule has 0 radical (unpaired) electrons. The van der Waals surface area contributed by atoms with Gasteiger partial charge < -0.3 is 14.0 Å². The van der Waals surface area contributed by atoms with Gasteiger partial charge in [0, 0.05) is 30.2 Å². The molecule has 1 aliphatic heterocycles. The Morgan fingerprint density at radius 3 is 2.48 bits per heavy atom. The van der Waals surface area contributed by atoms with E-state index in [4.69, 9.17) is 19.0 Å². The molecule has 0 spiro atoms. The zero-order valence-electron chi connectivity index (χ0n) is 24.8. The van der Waals surface area contributed by atoms with Gasteiger partial charge >= 0.3 is 6.09 Å². The fourth-order valence-electron chi connectivity index (χ4n) is 5.20. The smallest absolute Gasteiger partial charge is 0.422 e. The van der Waals surface area contributed by atoms with Crippen molar-refractivity contribution in [1.29, 1.82) is 0 Å². The molecule has 1 amide bonds. The van der Waals surface area contributed by atoms with Crippen molar-refractivity contribution in [3.8, 4) is 5.69 Å². The Kier molecular flexibility index (Phi) is 8.57. The number of carbonyl (C=O) groups is 1. The number of fused-ring (bicyclic) bond motifs is 3. The Morgan fingerprint density at radius 2 is 1.75 bits per heavy atom. The molecule has 1 atom stereocenters. The van der Waals surface area contributed by atoms with E-state index in [1.54, 1.807) is 7.11 Å². The first-order chi connectivity index (χ1) is 21.5. The fourth-order valence-corrected chi connectivity index (χ4v) is 5.20. The molecule has 3 heterocycles. The Balaban J connectivity index is 1.41. The Labute approximate surface area is 254 Å². The molecule has 11 heteroatoms. The lowest BCUT2D eigenvalue weighted by Crippen LogP contribution is -2.40. The number of nitrogens with zero attached hydrogens (tertiary/aromatic N) is 5. The molecule has 11 nitrogen and oxygen atoms in total. The van der Waals surface area contributed by atoms with E-state index in [0.717, 1.165) is 57.1 Å². The summed E-state index contributed by atoms with van der Waals surface area (Å²) in [5, 5.41) is 13.3. The standard InChI is InChI=1S/C33H33N7O4/c1-21-27(22(2)44-39-21)19-29-35-37-32-31(36-38-33(41)43-20-24-10-6-4-7-11-24)34-30(25-12-8-5-9-13-25)26-15-14-23(16-17-42-3)18-28(26)40(29)32/h4-15,18,31,36H,16-17,19-20H2,1-3H3,(H,38,41). The normalized spacial score (nSPS) is 13.9. The lowest BCUT2D eigenvalue weighted by Gasteiger charge is -2.16. The molecule has 6 rings (SSSR count). The van der Waals surface area contributed by atoms with Gasteiger partial charge in [-0.15, -0.1) is 10.2 Å². The molecule has 0 saturated heterocycles. The Morgan fingerprint density at radius 1 is 0.977 bits per heavy atom. The monoisotopic (exact) mass is 591 g/mol.